The number of nitrogens with one attached hydrogen (secondary N) is 1. The van der Waals surface area contributed by atoms with Crippen molar-refractivity contribution in [3.8, 4) is 5.69 Å². The molecule has 6 nitrogen and oxygen atoms in total. The Balaban J connectivity index is 1.55. The van der Waals surface area contributed by atoms with Gasteiger partial charge in [0.2, 0.25) is 5.91 Å². The quantitative estimate of drug-likeness (QED) is 0.852. The van der Waals surface area contributed by atoms with Gasteiger partial charge in [-0.25, -0.2) is 4.68 Å². The van der Waals surface area contributed by atoms with E-state index in [1.165, 1.54) is 19.3 Å². The van der Waals surface area contributed by atoms with Crippen molar-refractivity contribution in [2.24, 2.45) is 11.8 Å². The van der Waals surface area contributed by atoms with E-state index in [-0.39, 0.29) is 18.4 Å². The summed E-state index contributed by atoms with van der Waals surface area (Å²) < 4.78 is 1.62. The lowest BCUT2D eigenvalue weighted by Gasteiger charge is -2.30. The minimum Gasteiger partial charge on any atom is -0.390 e. The topological polar surface area (TPSA) is 80.0 Å². The third kappa shape index (κ3) is 3.59. The first kappa shape index (κ1) is 15.7. The zero-order chi connectivity index (χ0) is 16.2. The fourth-order valence-electron chi connectivity index (χ4n) is 2.77. The summed E-state index contributed by atoms with van der Waals surface area (Å²) in [6, 6.07) is 7.77. The van der Waals surface area contributed by atoms with Crippen LogP contribution in [0, 0.1) is 11.8 Å². The molecule has 2 aromatic rings. The molecule has 23 heavy (non-hydrogen) atoms. The number of nitrogens with zero attached hydrogens (tertiary/aromatic N) is 3. The first-order valence-corrected chi connectivity index (χ1v) is 8.06. The molecule has 1 fully saturated rings. The van der Waals surface area contributed by atoms with E-state index >= 15 is 0 Å². The molecule has 0 bridgehead atoms. The van der Waals surface area contributed by atoms with Gasteiger partial charge in [-0.1, -0.05) is 30.7 Å². The Morgan fingerprint density at radius 3 is 2.70 bits per heavy atom. The lowest BCUT2D eigenvalue weighted by Crippen LogP contribution is -2.35. The van der Waals surface area contributed by atoms with Crippen molar-refractivity contribution in [2.45, 2.75) is 39.3 Å². The predicted octanol–water partition coefficient (Wildman–Crippen LogP) is 1.81. The molecule has 1 aromatic heterocycles. The summed E-state index contributed by atoms with van der Waals surface area (Å²) in [7, 11) is 0. The monoisotopic (exact) mass is 314 g/mol. The van der Waals surface area contributed by atoms with E-state index in [2.05, 4.69) is 15.6 Å². The molecule has 2 N–H and O–H groups in total. The molecule has 1 unspecified atom stereocenters. The van der Waals surface area contributed by atoms with Crippen LogP contribution in [0.5, 0.6) is 0 Å². The largest absolute Gasteiger partial charge is 0.390 e. The van der Waals surface area contributed by atoms with E-state index in [1.54, 1.807) is 10.9 Å². The van der Waals surface area contributed by atoms with Gasteiger partial charge in [-0.3, -0.25) is 4.79 Å². The van der Waals surface area contributed by atoms with Gasteiger partial charge in [0.1, 0.15) is 5.69 Å². The van der Waals surface area contributed by atoms with Gasteiger partial charge < -0.3 is 10.4 Å². The Bertz CT molecular complexity index is 661. The first-order valence-electron chi connectivity index (χ1n) is 8.06. The van der Waals surface area contributed by atoms with Crippen molar-refractivity contribution in [1.82, 2.24) is 20.3 Å². The Morgan fingerprint density at radius 1 is 1.39 bits per heavy atom. The Hall–Kier alpha value is -2.21. The van der Waals surface area contributed by atoms with Gasteiger partial charge in [-0.15, -0.1) is 5.10 Å². The summed E-state index contributed by atoms with van der Waals surface area (Å²) in [5, 5.41) is 19.8. The molecule has 122 valence electrons. The van der Waals surface area contributed by atoms with Crippen LogP contribution >= 0.6 is 0 Å². The van der Waals surface area contributed by atoms with Crippen molar-refractivity contribution < 1.29 is 9.90 Å². The maximum atomic E-state index is 12.1. The summed E-state index contributed by atoms with van der Waals surface area (Å²) >= 11 is 0. The first-order chi connectivity index (χ1) is 11.2. The smallest absolute Gasteiger partial charge is 0.223 e. The number of carbonyl (C=O) groups excluding carboxylic acids is 1. The summed E-state index contributed by atoms with van der Waals surface area (Å²) in [4.78, 5) is 12.1. The van der Waals surface area contributed by atoms with Crippen LogP contribution in [-0.2, 0) is 17.9 Å². The van der Waals surface area contributed by atoms with Gasteiger partial charge in [-0.05, 0) is 36.5 Å². The van der Waals surface area contributed by atoms with Crippen molar-refractivity contribution >= 4 is 5.91 Å². The maximum Gasteiger partial charge on any atom is 0.223 e. The van der Waals surface area contributed by atoms with Gasteiger partial charge >= 0.3 is 0 Å². The van der Waals surface area contributed by atoms with E-state index in [4.69, 9.17) is 5.11 Å². The van der Waals surface area contributed by atoms with Gasteiger partial charge in [0.15, 0.2) is 0 Å². The van der Waals surface area contributed by atoms with Crippen molar-refractivity contribution in [3.63, 3.8) is 0 Å². The number of aromatic nitrogens is 3. The minimum atomic E-state index is -0.122. The molecule has 1 aromatic carbocycles. The molecule has 6 heteroatoms. The Morgan fingerprint density at radius 2 is 2.13 bits per heavy atom. The van der Waals surface area contributed by atoms with Crippen molar-refractivity contribution in [3.05, 3.63) is 41.7 Å². The van der Waals surface area contributed by atoms with Crippen LogP contribution in [-0.4, -0.2) is 26.0 Å². The highest BCUT2D eigenvalue weighted by Gasteiger charge is 2.28. The molecule has 1 heterocycles. The number of benzene rings is 1. The molecule has 1 aliphatic rings. The minimum absolute atomic E-state index is 0.107. The average Bonchev–Trinajstić information content (AvgIpc) is 3.00. The zero-order valence-corrected chi connectivity index (χ0v) is 13.3. The van der Waals surface area contributed by atoms with E-state index in [0.717, 1.165) is 11.3 Å². The highest BCUT2D eigenvalue weighted by Crippen LogP contribution is 2.33. The molecular formula is C17H22N4O2. The van der Waals surface area contributed by atoms with Crippen LogP contribution < -0.4 is 5.32 Å². The van der Waals surface area contributed by atoms with E-state index in [0.29, 0.717) is 18.2 Å². The molecule has 1 amide bonds. The number of hydrogen-bond acceptors (Lipinski definition) is 4. The van der Waals surface area contributed by atoms with E-state index in [9.17, 15) is 4.79 Å². The van der Waals surface area contributed by atoms with Crippen LogP contribution in [0.25, 0.3) is 5.69 Å². The van der Waals surface area contributed by atoms with Crippen LogP contribution in [0.4, 0.5) is 0 Å². The highest BCUT2D eigenvalue weighted by atomic mass is 16.3. The average molecular weight is 314 g/mol. The number of amides is 1. The third-order valence-electron chi connectivity index (χ3n) is 4.64. The van der Waals surface area contributed by atoms with Gasteiger partial charge in [0.05, 0.1) is 18.5 Å². The van der Waals surface area contributed by atoms with Crippen LogP contribution in [0.15, 0.2) is 30.5 Å². The molecule has 0 radical (unpaired) electrons. The molecule has 0 aliphatic heterocycles. The number of rotatable bonds is 6. The van der Waals surface area contributed by atoms with Crippen LogP contribution in [0.3, 0.4) is 0 Å². The molecule has 1 aliphatic carbocycles. The molecule has 1 atom stereocenters. The molecule has 3 rings (SSSR count). The van der Waals surface area contributed by atoms with Crippen LogP contribution in [0.1, 0.15) is 37.4 Å². The number of aliphatic hydroxyl groups excluding tert-OH is 1. The van der Waals surface area contributed by atoms with Crippen molar-refractivity contribution in [1.29, 1.82) is 0 Å². The second-order valence-corrected chi connectivity index (χ2v) is 6.18. The second kappa shape index (κ2) is 6.91. The SMILES string of the molecule is CC(C(=O)NCc1ccc(-n2cc(CO)nn2)cc1)C1CCC1. The standard InChI is InChI=1S/C17H22N4O2/c1-12(14-3-2-4-14)17(23)18-9-13-5-7-16(8-6-13)21-10-15(11-22)19-20-21/h5-8,10,12,14,22H,2-4,9,11H2,1H3,(H,18,23). The maximum absolute atomic E-state index is 12.1. The van der Waals surface area contributed by atoms with Crippen LogP contribution in [0.2, 0.25) is 0 Å². The second-order valence-electron chi connectivity index (χ2n) is 6.18. The molecule has 0 saturated heterocycles. The summed E-state index contributed by atoms with van der Waals surface area (Å²) in [6.45, 7) is 2.43. The summed E-state index contributed by atoms with van der Waals surface area (Å²) in [5.41, 5.74) is 2.45. The summed E-state index contributed by atoms with van der Waals surface area (Å²) in [6.07, 6.45) is 5.30. The fraction of sp³-hybridized carbons (Fsp3) is 0.471. The van der Waals surface area contributed by atoms with E-state index < -0.39 is 0 Å². The number of aliphatic hydroxyl groups is 1. The Kier molecular flexibility index (Phi) is 4.71. The molecule has 0 spiro atoms. The third-order valence-corrected chi connectivity index (χ3v) is 4.64. The summed E-state index contributed by atoms with van der Waals surface area (Å²) in [5.74, 6) is 0.808. The lowest BCUT2D eigenvalue weighted by molar-refractivity contribution is -0.127. The lowest BCUT2D eigenvalue weighted by atomic mass is 9.76. The number of hydrogen-bond donors (Lipinski definition) is 2. The normalized spacial score (nSPS) is 15.9. The van der Waals surface area contributed by atoms with E-state index in [1.807, 2.05) is 31.2 Å². The van der Waals surface area contributed by atoms with Gasteiger partial charge in [0.25, 0.3) is 0 Å². The highest BCUT2D eigenvalue weighted by molar-refractivity contribution is 5.78. The predicted molar refractivity (Wildman–Crippen MR) is 85.6 cm³/mol. The Labute approximate surface area is 135 Å². The zero-order valence-electron chi connectivity index (χ0n) is 13.3. The van der Waals surface area contributed by atoms with Gasteiger partial charge in [-0.2, -0.15) is 0 Å². The molecule has 1 saturated carbocycles. The van der Waals surface area contributed by atoms with Crippen molar-refractivity contribution in [2.75, 3.05) is 0 Å². The van der Waals surface area contributed by atoms with Gasteiger partial charge in [0, 0.05) is 12.5 Å². The number of carbonyl (C=O) groups is 1. The molecular weight excluding hydrogens is 292 g/mol. The fourth-order valence-corrected chi connectivity index (χ4v) is 2.77.